The molecule has 0 aromatic heterocycles. The van der Waals surface area contributed by atoms with Gasteiger partial charge in [0.15, 0.2) is 5.11 Å². The van der Waals surface area contributed by atoms with Crippen LogP contribution >= 0.6 is 12.2 Å². The van der Waals surface area contributed by atoms with Gasteiger partial charge in [0, 0.05) is 11.4 Å². The Morgan fingerprint density at radius 3 is 2.32 bits per heavy atom. The summed E-state index contributed by atoms with van der Waals surface area (Å²) in [5.74, 6) is 0. The fraction of sp³-hybridized carbons (Fsp3) is 0.133. The molecule has 19 heavy (non-hydrogen) atoms. The van der Waals surface area contributed by atoms with Gasteiger partial charge >= 0.3 is 0 Å². The van der Waals surface area contributed by atoms with Crippen molar-refractivity contribution in [3.05, 3.63) is 60.2 Å². The summed E-state index contributed by atoms with van der Waals surface area (Å²) in [5, 5.41) is 16.3. The Kier molecular flexibility index (Phi) is 4.49. The highest BCUT2D eigenvalue weighted by atomic mass is 32.1. The number of aliphatic hydroxyl groups excluding tert-OH is 1. The summed E-state index contributed by atoms with van der Waals surface area (Å²) < 4.78 is 0. The van der Waals surface area contributed by atoms with Crippen molar-refractivity contribution in [1.82, 2.24) is 0 Å². The number of nitrogens with one attached hydrogen (secondary N) is 2. The van der Waals surface area contributed by atoms with Gasteiger partial charge in [0.2, 0.25) is 0 Å². The molecule has 0 aliphatic rings. The lowest BCUT2D eigenvalue weighted by molar-refractivity contribution is 0.199. The lowest BCUT2D eigenvalue weighted by atomic mass is 10.1. The summed E-state index contributed by atoms with van der Waals surface area (Å²) in [4.78, 5) is 0. The van der Waals surface area contributed by atoms with E-state index in [0.29, 0.717) is 5.11 Å². The summed E-state index contributed by atoms with van der Waals surface area (Å²) in [5.41, 5.74) is 2.64. The van der Waals surface area contributed by atoms with Gasteiger partial charge in [-0.25, -0.2) is 0 Å². The number of rotatable bonds is 3. The van der Waals surface area contributed by atoms with Crippen molar-refractivity contribution in [2.75, 3.05) is 10.6 Å². The fourth-order valence-corrected chi connectivity index (χ4v) is 1.93. The zero-order valence-corrected chi connectivity index (χ0v) is 11.4. The molecule has 3 N–H and O–H groups in total. The molecule has 0 heterocycles. The average Bonchev–Trinajstić information content (AvgIpc) is 2.40. The Balaban J connectivity index is 2.01. The molecule has 4 heteroatoms. The van der Waals surface area contributed by atoms with Crippen LogP contribution in [0, 0.1) is 0 Å². The predicted molar refractivity (Wildman–Crippen MR) is 83.4 cm³/mol. The van der Waals surface area contributed by atoms with Gasteiger partial charge in [-0.15, -0.1) is 0 Å². The second-order valence-electron chi connectivity index (χ2n) is 4.25. The van der Waals surface area contributed by atoms with Gasteiger partial charge in [0.1, 0.15) is 0 Å². The van der Waals surface area contributed by atoms with Crippen molar-refractivity contribution in [3.8, 4) is 0 Å². The third-order valence-electron chi connectivity index (χ3n) is 2.66. The minimum absolute atomic E-state index is 0.489. The first-order valence-electron chi connectivity index (χ1n) is 6.06. The maximum atomic E-state index is 9.54. The molecule has 1 atom stereocenters. The molecular formula is C15H16N2OS. The molecule has 2 aromatic carbocycles. The maximum Gasteiger partial charge on any atom is 0.175 e. The minimum atomic E-state index is -0.489. The van der Waals surface area contributed by atoms with E-state index in [1.54, 1.807) is 6.92 Å². The second kappa shape index (κ2) is 6.31. The van der Waals surface area contributed by atoms with Gasteiger partial charge in [-0.05, 0) is 49.0 Å². The lowest BCUT2D eigenvalue weighted by Gasteiger charge is -2.12. The average molecular weight is 272 g/mol. The van der Waals surface area contributed by atoms with Crippen LogP contribution in [0.2, 0.25) is 0 Å². The van der Waals surface area contributed by atoms with Crippen molar-refractivity contribution in [2.24, 2.45) is 0 Å². The molecule has 0 fully saturated rings. The van der Waals surface area contributed by atoms with Crippen molar-refractivity contribution in [2.45, 2.75) is 13.0 Å². The van der Waals surface area contributed by atoms with Crippen LogP contribution in [0.15, 0.2) is 54.6 Å². The first-order valence-corrected chi connectivity index (χ1v) is 6.47. The SMILES string of the molecule is C[C@H](O)c1cccc(NC(=S)Nc2ccccc2)c1. The van der Waals surface area contributed by atoms with Crippen molar-refractivity contribution >= 4 is 28.7 Å². The van der Waals surface area contributed by atoms with Crippen LogP contribution < -0.4 is 10.6 Å². The van der Waals surface area contributed by atoms with Crippen LogP contribution in [0.1, 0.15) is 18.6 Å². The van der Waals surface area contributed by atoms with Crippen LogP contribution in [-0.2, 0) is 0 Å². The van der Waals surface area contributed by atoms with E-state index in [-0.39, 0.29) is 0 Å². The molecule has 98 valence electrons. The van der Waals surface area contributed by atoms with Gasteiger partial charge in [-0.2, -0.15) is 0 Å². The minimum Gasteiger partial charge on any atom is -0.389 e. The third kappa shape index (κ3) is 4.05. The number of anilines is 2. The molecule has 0 unspecified atom stereocenters. The summed E-state index contributed by atoms with van der Waals surface area (Å²) in [7, 11) is 0. The number of thiocarbonyl (C=S) groups is 1. The normalized spacial score (nSPS) is 11.7. The van der Waals surface area contributed by atoms with Crippen LogP contribution in [0.3, 0.4) is 0 Å². The Bertz CT molecular complexity index is 555. The smallest absolute Gasteiger partial charge is 0.175 e. The Labute approximate surface area is 118 Å². The molecule has 0 amide bonds. The van der Waals surface area contributed by atoms with Crippen molar-refractivity contribution in [3.63, 3.8) is 0 Å². The second-order valence-corrected chi connectivity index (χ2v) is 4.65. The molecular weight excluding hydrogens is 256 g/mol. The van der Waals surface area contributed by atoms with E-state index in [0.717, 1.165) is 16.9 Å². The third-order valence-corrected chi connectivity index (χ3v) is 2.86. The molecule has 0 saturated carbocycles. The predicted octanol–water partition coefficient (Wildman–Crippen LogP) is 3.55. The molecule has 0 spiro atoms. The monoisotopic (exact) mass is 272 g/mol. The maximum absolute atomic E-state index is 9.54. The van der Waals surface area contributed by atoms with Gasteiger partial charge in [-0.3, -0.25) is 0 Å². The zero-order chi connectivity index (χ0) is 13.7. The number of benzene rings is 2. The Hall–Kier alpha value is -1.91. The van der Waals surface area contributed by atoms with E-state index < -0.39 is 6.10 Å². The molecule has 2 aromatic rings. The first-order chi connectivity index (χ1) is 9.15. The first kappa shape index (κ1) is 13.5. The van der Waals surface area contributed by atoms with Gasteiger partial charge < -0.3 is 15.7 Å². The van der Waals surface area contributed by atoms with Crippen molar-refractivity contribution in [1.29, 1.82) is 0 Å². The zero-order valence-electron chi connectivity index (χ0n) is 10.6. The van der Waals surface area contributed by atoms with Crippen LogP contribution in [0.25, 0.3) is 0 Å². The molecule has 0 bridgehead atoms. The van der Waals surface area contributed by atoms with Gasteiger partial charge in [0.25, 0.3) is 0 Å². The number of hydrogen-bond donors (Lipinski definition) is 3. The van der Waals surface area contributed by atoms with E-state index in [1.807, 2.05) is 54.6 Å². The summed E-state index contributed by atoms with van der Waals surface area (Å²) in [6, 6.07) is 17.3. The van der Waals surface area contributed by atoms with E-state index in [9.17, 15) is 5.11 Å². The molecule has 0 saturated heterocycles. The number of hydrogen-bond acceptors (Lipinski definition) is 2. The van der Waals surface area contributed by atoms with E-state index >= 15 is 0 Å². The summed E-state index contributed by atoms with van der Waals surface area (Å²) >= 11 is 5.24. The Morgan fingerprint density at radius 1 is 1.00 bits per heavy atom. The van der Waals surface area contributed by atoms with Crippen molar-refractivity contribution < 1.29 is 5.11 Å². The van der Waals surface area contributed by atoms with Gasteiger partial charge in [-0.1, -0.05) is 30.3 Å². The van der Waals surface area contributed by atoms with Crippen LogP contribution in [0.5, 0.6) is 0 Å². The highest BCUT2D eigenvalue weighted by Gasteiger charge is 2.03. The standard InChI is InChI=1S/C15H16N2OS/c1-11(18)12-6-5-9-14(10-12)17-15(19)16-13-7-3-2-4-8-13/h2-11,18H,1H3,(H2,16,17,19)/t11-/m0/s1. The molecule has 3 nitrogen and oxygen atoms in total. The summed E-state index contributed by atoms with van der Waals surface area (Å²) in [6.07, 6.45) is -0.489. The molecule has 0 aliphatic carbocycles. The molecule has 0 radical (unpaired) electrons. The van der Waals surface area contributed by atoms with Gasteiger partial charge in [0.05, 0.1) is 6.10 Å². The summed E-state index contributed by atoms with van der Waals surface area (Å²) in [6.45, 7) is 1.74. The van der Waals surface area contributed by atoms with E-state index in [1.165, 1.54) is 0 Å². The quantitative estimate of drug-likeness (QED) is 0.748. The van der Waals surface area contributed by atoms with E-state index in [4.69, 9.17) is 12.2 Å². The number of para-hydroxylation sites is 1. The number of aliphatic hydroxyl groups is 1. The van der Waals surface area contributed by atoms with Crippen LogP contribution in [-0.4, -0.2) is 10.2 Å². The molecule has 2 rings (SSSR count). The largest absolute Gasteiger partial charge is 0.389 e. The lowest BCUT2D eigenvalue weighted by Crippen LogP contribution is -2.19. The highest BCUT2D eigenvalue weighted by Crippen LogP contribution is 2.17. The fourth-order valence-electron chi connectivity index (χ4n) is 1.69. The molecule has 0 aliphatic heterocycles. The highest BCUT2D eigenvalue weighted by molar-refractivity contribution is 7.80. The topological polar surface area (TPSA) is 44.3 Å². The van der Waals surface area contributed by atoms with Crippen LogP contribution in [0.4, 0.5) is 11.4 Å². The van der Waals surface area contributed by atoms with E-state index in [2.05, 4.69) is 10.6 Å². The Morgan fingerprint density at radius 2 is 1.63 bits per heavy atom.